The highest BCUT2D eigenvalue weighted by molar-refractivity contribution is 5.91. The smallest absolute Gasteiger partial charge is 0.262 e. The molecule has 0 radical (unpaired) electrons. The van der Waals surface area contributed by atoms with E-state index in [2.05, 4.69) is 5.32 Å². The molecule has 0 saturated heterocycles. The molecule has 0 aliphatic heterocycles. The molecule has 0 atom stereocenters. The summed E-state index contributed by atoms with van der Waals surface area (Å²) in [7, 11) is 0. The molecule has 4 nitrogen and oxygen atoms in total. The molecule has 0 fully saturated rings. The second-order valence-corrected chi connectivity index (χ2v) is 5.45. The summed E-state index contributed by atoms with van der Waals surface area (Å²) in [6.45, 7) is 0.472. The van der Waals surface area contributed by atoms with Gasteiger partial charge in [0.15, 0.2) is 6.61 Å². The van der Waals surface area contributed by atoms with E-state index in [1.54, 1.807) is 12.1 Å². The fourth-order valence-corrected chi connectivity index (χ4v) is 2.24. The van der Waals surface area contributed by atoms with E-state index in [0.717, 1.165) is 17.0 Å². The van der Waals surface area contributed by atoms with Gasteiger partial charge in [-0.25, -0.2) is 0 Å². The number of rotatable bonds is 7. The molecule has 0 spiro atoms. The Labute approximate surface area is 147 Å². The van der Waals surface area contributed by atoms with Gasteiger partial charge in [-0.3, -0.25) is 4.79 Å². The van der Waals surface area contributed by atoms with Gasteiger partial charge in [0.25, 0.3) is 5.91 Å². The lowest BCUT2D eigenvalue weighted by atomic mass is 10.2. The van der Waals surface area contributed by atoms with Gasteiger partial charge >= 0.3 is 0 Å². The first kappa shape index (κ1) is 16.6. The van der Waals surface area contributed by atoms with Gasteiger partial charge in [-0.2, -0.15) is 0 Å². The van der Waals surface area contributed by atoms with E-state index in [1.807, 2.05) is 72.8 Å². The Hall–Kier alpha value is -3.27. The van der Waals surface area contributed by atoms with Crippen molar-refractivity contribution in [3.8, 4) is 11.5 Å². The topological polar surface area (TPSA) is 47.6 Å². The minimum atomic E-state index is -0.199. The molecular formula is C21H19NO3. The summed E-state index contributed by atoms with van der Waals surface area (Å²) >= 11 is 0. The van der Waals surface area contributed by atoms with Crippen LogP contribution < -0.4 is 14.8 Å². The van der Waals surface area contributed by atoms with Crippen LogP contribution >= 0.6 is 0 Å². The minimum Gasteiger partial charge on any atom is -0.489 e. The molecule has 0 saturated carbocycles. The van der Waals surface area contributed by atoms with E-state index in [4.69, 9.17) is 9.47 Å². The first-order valence-corrected chi connectivity index (χ1v) is 8.04. The number of nitrogens with one attached hydrogen (secondary N) is 1. The molecule has 0 aliphatic rings. The fourth-order valence-electron chi connectivity index (χ4n) is 2.24. The molecular weight excluding hydrogens is 314 g/mol. The number of benzene rings is 3. The lowest BCUT2D eigenvalue weighted by Gasteiger charge is -2.09. The lowest BCUT2D eigenvalue weighted by molar-refractivity contribution is -0.118. The summed E-state index contributed by atoms with van der Waals surface area (Å²) < 4.78 is 11.2. The van der Waals surface area contributed by atoms with E-state index in [1.165, 1.54) is 0 Å². The molecule has 1 N–H and O–H groups in total. The van der Waals surface area contributed by atoms with E-state index in [9.17, 15) is 4.79 Å². The minimum absolute atomic E-state index is 0.0425. The van der Waals surface area contributed by atoms with Gasteiger partial charge < -0.3 is 14.8 Å². The Morgan fingerprint density at radius 3 is 1.92 bits per heavy atom. The third-order valence-corrected chi connectivity index (χ3v) is 3.50. The van der Waals surface area contributed by atoms with E-state index in [-0.39, 0.29) is 12.5 Å². The molecule has 25 heavy (non-hydrogen) atoms. The maximum absolute atomic E-state index is 11.9. The zero-order valence-electron chi connectivity index (χ0n) is 13.7. The van der Waals surface area contributed by atoms with Crippen LogP contribution in [0.4, 0.5) is 5.69 Å². The zero-order chi connectivity index (χ0) is 17.3. The Morgan fingerprint density at radius 2 is 1.28 bits per heavy atom. The largest absolute Gasteiger partial charge is 0.489 e. The first-order chi connectivity index (χ1) is 12.3. The predicted octanol–water partition coefficient (Wildman–Crippen LogP) is 4.28. The van der Waals surface area contributed by atoms with Crippen LogP contribution in [0.25, 0.3) is 0 Å². The van der Waals surface area contributed by atoms with Crippen molar-refractivity contribution in [1.29, 1.82) is 0 Å². The second kappa shape index (κ2) is 8.55. The van der Waals surface area contributed by atoms with E-state index >= 15 is 0 Å². The van der Waals surface area contributed by atoms with Crippen LogP contribution in [0, 0.1) is 0 Å². The van der Waals surface area contributed by atoms with Gasteiger partial charge in [-0.15, -0.1) is 0 Å². The third-order valence-electron chi connectivity index (χ3n) is 3.50. The van der Waals surface area contributed by atoms with Gasteiger partial charge in [0, 0.05) is 5.69 Å². The molecule has 0 aliphatic carbocycles. The van der Waals surface area contributed by atoms with Gasteiger partial charge in [0.05, 0.1) is 0 Å². The summed E-state index contributed by atoms with van der Waals surface area (Å²) in [6, 6.07) is 26.5. The molecule has 0 aromatic heterocycles. The average Bonchev–Trinajstić information content (AvgIpc) is 2.67. The van der Waals surface area contributed by atoms with Crippen molar-refractivity contribution in [3.05, 3.63) is 90.5 Å². The molecule has 3 rings (SSSR count). The van der Waals surface area contributed by atoms with E-state index < -0.39 is 0 Å². The van der Waals surface area contributed by atoms with Crippen molar-refractivity contribution in [2.45, 2.75) is 6.61 Å². The number of anilines is 1. The quantitative estimate of drug-likeness (QED) is 0.702. The van der Waals surface area contributed by atoms with Gasteiger partial charge in [0.2, 0.25) is 0 Å². The zero-order valence-corrected chi connectivity index (χ0v) is 13.7. The number of amides is 1. The van der Waals surface area contributed by atoms with Crippen LogP contribution in [-0.2, 0) is 11.4 Å². The highest BCUT2D eigenvalue weighted by Crippen LogP contribution is 2.18. The monoisotopic (exact) mass is 333 g/mol. The summed E-state index contributed by atoms with van der Waals surface area (Å²) in [5.41, 5.74) is 1.86. The van der Waals surface area contributed by atoms with Crippen molar-refractivity contribution in [3.63, 3.8) is 0 Å². The van der Waals surface area contributed by atoms with Crippen LogP contribution in [0.2, 0.25) is 0 Å². The number of hydrogen-bond acceptors (Lipinski definition) is 3. The first-order valence-electron chi connectivity index (χ1n) is 8.04. The molecule has 1 amide bonds. The fraction of sp³-hybridized carbons (Fsp3) is 0.0952. The summed E-state index contributed by atoms with van der Waals surface area (Å²) in [6.07, 6.45) is 0. The normalized spacial score (nSPS) is 10.1. The Balaban J connectivity index is 1.45. The SMILES string of the molecule is O=C(COc1ccc(OCc2ccccc2)cc1)Nc1ccccc1. The Bertz CT molecular complexity index is 786. The molecule has 0 unspecified atom stereocenters. The van der Waals surface area contributed by atoms with Gasteiger partial charge in [-0.1, -0.05) is 48.5 Å². The maximum Gasteiger partial charge on any atom is 0.262 e. The van der Waals surface area contributed by atoms with Crippen molar-refractivity contribution in [2.24, 2.45) is 0 Å². The highest BCUT2D eigenvalue weighted by Gasteiger charge is 2.04. The summed E-state index contributed by atoms with van der Waals surface area (Å²) in [4.78, 5) is 11.9. The number of carbonyl (C=O) groups excluding carboxylic acids is 1. The van der Waals surface area contributed by atoms with Crippen molar-refractivity contribution in [1.82, 2.24) is 0 Å². The summed E-state index contributed by atoms with van der Waals surface area (Å²) in [5, 5.41) is 2.77. The second-order valence-electron chi connectivity index (χ2n) is 5.45. The van der Waals surface area contributed by atoms with Crippen molar-refractivity contribution < 1.29 is 14.3 Å². The van der Waals surface area contributed by atoms with Gasteiger partial charge in [0.1, 0.15) is 18.1 Å². The van der Waals surface area contributed by atoms with Crippen molar-refractivity contribution >= 4 is 11.6 Å². The number of para-hydroxylation sites is 1. The average molecular weight is 333 g/mol. The van der Waals surface area contributed by atoms with Gasteiger partial charge in [-0.05, 0) is 42.0 Å². The van der Waals surface area contributed by atoms with Crippen LogP contribution in [0.1, 0.15) is 5.56 Å². The maximum atomic E-state index is 11.9. The number of hydrogen-bond donors (Lipinski definition) is 1. The molecule has 0 heterocycles. The number of ether oxygens (including phenoxy) is 2. The molecule has 4 heteroatoms. The predicted molar refractivity (Wildman–Crippen MR) is 97.8 cm³/mol. The Morgan fingerprint density at radius 1 is 0.720 bits per heavy atom. The molecule has 3 aromatic rings. The highest BCUT2D eigenvalue weighted by atomic mass is 16.5. The molecule has 126 valence electrons. The molecule has 3 aromatic carbocycles. The van der Waals surface area contributed by atoms with Crippen molar-refractivity contribution in [2.75, 3.05) is 11.9 Å². The summed E-state index contributed by atoms with van der Waals surface area (Å²) in [5.74, 6) is 1.18. The molecule has 0 bridgehead atoms. The lowest BCUT2D eigenvalue weighted by Crippen LogP contribution is -2.20. The van der Waals surface area contributed by atoms with E-state index in [0.29, 0.717) is 12.4 Å². The van der Waals surface area contributed by atoms with Crippen LogP contribution in [0.5, 0.6) is 11.5 Å². The number of carbonyl (C=O) groups is 1. The third kappa shape index (κ3) is 5.39. The standard InChI is InChI=1S/C21H19NO3/c23-21(22-18-9-5-2-6-10-18)16-25-20-13-11-19(12-14-20)24-15-17-7-3-1-4-8-17/h1-14H,15-16H2,(H,22,23). The van der Waals surface area contributed by atoms with Crippen LogP contribution in [0.15, 0.2) is 84.9 Å². The van der Waals surface area contributed by atoms with Crippen LogP contribution in [0.3, 0.4) is 0 Å². The van der Waals surface area contributed by atoms with Crippen LogP contribution in [-0.4, -0.2) is 12.5 Å². The Kier molecular flexibility index (Phi) is 5.67.